The van der Waals surface area contributed by atoms with Crippen molar-refractivity contribution >= 4 is 0 Å². The van der Waals surface area contributed by atoms with E-state index in [2.05, 4.69) is 15.4 Å². The third kappa shape index (κ3) is 1.89. The molecule has 4 heteroatoms. The summed E-state index contributed by atoms with van der Waals surface area (Å²) in [5.41, 5.74) is 2.81. The van der Waals surface area contributed by atoms with Gasteiger partial charge in [0.05, 0.1) is 6.04 Å². The molecule has 1 aromatic heterocycles. The van der Waals surface area contributed by atoms with Crippen molar-refractivity contribution in [3.05, 3.63) is 18.2 Å². The van der Waals surface area contributed by atoms with E-state index in [0.29, 0.717) is 0 Å². The van der Waals surface area contributed by atoms with E-state index in [1.807, 2.05) is 6.20 Å². The van der Waals surface area contributed by atoms with Gasteiger partial charge in [0, 0.05) is 12.4 Å². The lowest BCUT2D eigenvalue weighted by atomic mass is 9.81. The van der Waals surface area contributed by atoms with Gasteiger partial charge in [-0.3, -0.25) is 5.84 Å². The Kier molecular flexibility index (Phi) is 2.61. The molecule has 0 aromatic carbocycles. The minimum absolute atomic E-state index is 0.195. The average Bonchev–Trinajstić information content (AvgIpc) is 2.55. The van der Waals surface area contributed by atoms with Gasteiger partial charge in [-0.2, -0.15) is 0 Å². The lowest BCUT2D eigenvalue weighted by molar-refractivity contribution is 0.258. The molecule has 1 atom stereocenters. The number of aromatic nitrogens is 2. The van der Waals surface area contributed by atoms with Crippen LogP contribution in [0.15, 0.2) is 12.4 Å². The van der Waals surface area contributed by atoms with Crippen LogP contribution >= 0.6 is 0 Å². The number of hydrazine groups is 1. The van der Waals surface area contributed by atoms with Crippen molar-refractivity contribution in [1.82, 2.24) is 15.4 Å². The van der Waals surface area contributed by atoms with Gasteiger partial charge in [0.15, 0.2) is 0 Å². The Morgan fingerprint density at radius 3 is 3.00 bits per heavy atom. The molecule has 1 heterocycles. The molecule has 1 aliphatic carbocycles. The van der Waals surface area contributed by atoms with Crippen molar-refractivity contribution < 1.29 is 0 Å². The first-order chi connectivity index (χ1) is 6.40. The summed E-state index contributed by atoms with van der Waals surface area (Å²) < 4.78 is 0. The van der Waals surface area contributed by atoms with Gasteiger partial charge in [-0.15, -0.1) is 0 Å². The minimum Gasteiger partial charge on any atom is -0.347 e. The Balaban J connectivity index is 1.92. The van der Waals surface area contributed by atoms with Crippen LogP contribution in [0, 0.1) is 5.92 Å². The van der Waals surface area contributed by atoms with Crippen LogP contribution in [0.2, 0.25) is 0 Å². The van der Waals surface area contributed by atoms with Gasteiger partial charge in [-0.05, 0) is 12.3 Å². The number of nitrogens with zero attached hydrogens (tertiary/aromatic N) is 1. The molecule has 1 fully saturated rings. The molecule has 2 rings (SSSR count). The minimum atomic E-state index is 0.195. The van der Waals surface area contributed by atoms with E-state index in [-0.39, 0.29) is 6.04 Å². The van der Waals surface area contributed by atoms with Gasteiger partial charge in [0.25, 0.3) is 0 Å². The first-order valence-corrected chi connectivity index (χ1v) is 4.85. The number of hydrogen-bond donors (Lipinski definition) is 3. The molecule has 1 aliphatic rings. The molecule has 0 bridgehead atoms. The second-order valence-corrected chi connectivity index (χ2v) is 3.73. The zero-order chi connectivity index (χ0) is 9.10. The summed E-state index contributed by atoms with van der Waals surface area (Å²) in [5, 5.41) is 0. The zero-order valence-corrected chi connectivity index (χ0v) is 7.66. The van der Waals surface area contributed by atoms with E-state index in [4.69, 9.17) is 5.84 Å². The van der Waals surface area contributed by atoms with Crippen molar-refractivity contribution in [3.63, 3.8) is 0 Å². The molecule has 1 unspecified atom stereocenters. The molecule has 72 valence electrons. The molecule has 0 saturated heterocycles. The van der Waals surface area contributed by atoms with Crippen LogP contribution in [-0.2, 0) is 0 Å². The highest BCUT2D eigenvalue weighted by atomic mass is 15.2. The molecule has 4 N–H and O–H groups in total. The van der Waals surface area contributed by atoms with E-state index in [0.717, 1.165) is 18.2 Å². The smallest absolute Gasteiger partial charge is 0.124 e. The van der Waals surface area contributed by atoms with Crippen molar-refractivity contribution in [2.24, 2.45) is 11.8 Å². The second kappa shape index (κ2) is 3.89. The molecule has 1 saturated carbocycles. The highest BCUT2D eigenvalue weighted by Crippen LogP contribution is 2.33. The summed E-state index contributed by atoms with van der Waals surface area (Å²) in [5.74, 6) is 7.27. The van der Waals surface area contributed by atoms with Crippen molar-refractivity contribution in [3.8, 4) is 0 Å². The first-order valence-electron chi connectivity index (χ1n) is 4.85. The largest absolute Gasteiger partial charge is 0.347 e. The van der Waals surface area contributed by atoms with Crippen LogP contribution in [-0.4, -0.2) is 9.97 Å². The monoisotopic (exact) mass is 180 g/mol. The number of aromatic amines is 1. The molecular formula is C9H16N4. The van der Waals surface area contributed by atoms with Gasteiger partial charge in [0.1, 0.15) is 5.82 Å². The molecule has 0 aliphatic heterocycles. The Hall–Kier alpha value is -0.870. The second-order valence-electron chi connectivity index (χ2n) is 3.73. The van der Waals surface area contributed by atoms with E-state index in [9.17, 15) is 0 Å². The molecule has 0 radical (unpaired) electrons. The number of hydrogen-bond acceptors (Lipinski definition) is 3. The quantitative estimate of drug-likeness (QED) is 0.480. The lowest BCUT2D eigenvalue weighted by Crippen LogP contribution is -2.31. The summed E-state index contributed by atoms with van der Waals surface area (Å²) in [6, 6.07) is 0.195. The van der Waals surface area contributed by atoms with Gasteiger partial charge in [-0.25, -0.2) is 10.4 Å². The number of imidazole rings is 1. The van der Waals surface area contributed by atoms with Crippen LogP contribution in [0.1, 0.15) is 37.5 Å². The summed E-state index contributed by atoms with van der Waals surface area (Å²) >= 11 is 0. The van der Waals surface area contributed by atoms with Crippen LogP contribution < -0.4 is 11.3 Å². The lowest BCUT2D eigenvalue weighted by Gasteiger charge is -2.28. The SMILES string of the molecule is NNC(CC1CCC1)c1ncc[nH]1. The number of nitrogens with one attached hydrogen (secondary N) is 2. The van der Waals surface area contributed by atoms with Crippen LogP contribution in [0.3, 0.4) is 0 Å². The summed E-state index contributed by atoms with van der Waals surface area (Å²) in [7, 11) is 0. The standard InChI is InChI=1S/C9H16N4/c10-13-8(6-7-2-1-3-7)9-11-4-5-12-9/h4-5,7-8,13H,1-3,6,10H2,(H,11,12). The van der Waals surface area contributed by atoms with Crippen molar-refractivity contribution in [2.75, 3.05) is 0 Å². The first kappa shape index (κ1) is 8.72. The highest BCUT2D eigenvalue weighted by molar-refractivity contribution is 4.96. The van der Waals surface area contributed by atoms with E-state index in [1.54, 1.807) is 6.20 Å². The van der Waals surface area contributed by atoms with E-state index >= 15 is 0 Å². The van der Waals surface area contributed by atoms with Gasteiger partial charge in [0.2, 0.25) is 0 Å². The summed E-state index contributed by atoms with van der Waals surface area (Å²) in [4.78, 5) is 7.29. The van der Waals surface area contributed by atoms with Crippen LogP contribution in [0.4, 0.5) is 0 Å². The van der Waals surface area contributed by atoms with Gasteiger partial charge < -0.3 is 4.98 Å². The third-order valence-corrected chi connectivity index (χ3v) is 2.84. The molecular weight excluding hydrogens is 164 g/mol. The van der Waals surface area contributed by atoms with Gasteiger partial charge >= 0.3 is 0 Å². The van der Waals surface area contributed by atoms with Crippen LogP contribution in [0.5, 0.6) is 0 Å². The fourth-order valence-corrected chi connectivity index (χ4v) is 1.79. The van der Waals surface area contributed by atoms with E-state index in [1.165, 1.54) is 19.3 Å². The molecule has 13 heavy (non-hydrogen) atoms. The van der Waals surface area contributed by atoms with E-state index < -0.39 is 0 Å². The predicted octanol–water partition coefficient (Wildman–Crippen LogP) is 1.10. The third-order valence-electron chi connectivity index (χ3n) is 2.84. The fraction of sp³-hybridized carbons (Fsp3) is 0.667. The molecule has 4 nitrogen and oxygen atoms in total. The number of H-pyrrole nitrogens is 1. The highest BCUT2D eigenvalue weighted by Gasteiger charge is 2.23. The maximum Gasteiger partial charge on any atom is 0.124 e. The van der Waals surface area contributed by atoms with Crippen molar-refractivity contribution in [2.45, 2.75) is 31.7 Å². The topological polar surface area (TPSA) is 66.7 Å². The number of nitrogens with two attached hydrogens (primary N) is 1. The molecule has 0 spiro atoms. The predicted molar refractivity (Wildman–Crippen MR) is 50.6 cm³/mol. The Morgan fingerprint density at radius 1 is 1.69 bits per heavy atom. The molecule has 1 aromatic rings. The Bertz CT molecular complexity index is 240. The Morgan fingerprint density at radius 2 is 2.54 bits per heavy atom. The van der Waals surface area contributed by atoms with Gasteiger partial charge in [-0.1, -0.05) is 19.3 Å². The Labute approximate surface area is 77.9 Å². The fourth-order valence-electron chi connectivity index (χ4n) is 1.79. The molecule has 0 amide bonds. The maximum absolute atomic E-state index is 5.48. The van der Waals surface area contributed by atoms with Crippen LogP contribution in [0.25, 0.3) is 0 Å². The zero-order valence-electron chi connectivity index (χ0n) is 7.66. The number of rotatable bonds is 4. The maximum atomic E-state index is 5.48. The van der Waals surface area contributed by atoms with Crippen molar-refractivity contribution in [1.29, 1.82) is 0 Å². The normalized spacial score (nSPS) is 19.8. The summed E-state index contributed by atoms with van der Waals surface area (Å²) in [6.07, 6.45) is 8.77. The average molecular weight is 180 g/mol. The summed E-state index contributed by atoms with van der Waals surface area (Å²) in [6.45, 7) is 0.